The predicted octanol–water partition coefficient (Wildman–Crippen LogP) is 8.18. The maximum atomic E-state index is 11.8. The molecule has 1 radical (unpaired) electrons. The van der Waals surface area contributed by atoms with E-state index in [1.54, 1.807) is 0 Å². The Balaban J connectivity index is 0. The van der Waals surface area contributed by atoms with E-state index in [2.05, 4.69) is 13.8 Å². The van der Waals surface area contributed by atoms with E-state index in [-0.39, 0.29) is 17.4 Å². The second-order valence-corrected chi connectivity index (χ2v) is 10.3. The van der Waals surface area contributed by atoms with E-state index in [0.717, 1.165) is 25.7 Å². The van der Waals surface area contributed by atoms with Crippen LogP contribution in [0.4, 0.5) is 0 Å². The molecule has 0 heterocycles. The Kier molecular flexibility index (Phi) is 31.9. The van der Waals surface area contributed by atoms with Crippen LogP contribution in [-0.2, 0) is 17.2 Å². The van der Waals surface area contributed by atoms with Gasteiger partial charge in [0.25, 0.3) is 11.9 Å². The maximum absolute atomic E-state index is 11.8. The highest BCUT2D eigenvalue weighted by Crippen LogP contribution is 2.13. The Labute approximate surface area is 218 Å². The van der Waals surface area contributed by atoms with Gasteiger partial charge in [-0.25, -0.2) is 0 Å². The molecule has 0 aromatic carbocycles. The molecule has 0 spiro atoms. The van der Waals surface area contributed by atoms with Gasteiger partial charge in [-0.1, -0.05) is 142 Å². The zero-order valence-corrected chi connectivity index (χ0v) is 23.8. The molecular formula is C28H56AlO5. The molecule has 0 saturated heterocycles. The first-order valence-electron chi connectivity index (χ1n) is 14.4. The summed E-state index contributed by atoms with van der Waals surface area (Å²) in [6.07, 6.45) is 28.7. The average molecular weight is 500 g/mol. The highest BCUT2D eigenvalue weighted by Gasteiger charge is 2.13. The van der Waals surface area contributed by atoms with E-state index >= 15 is 0 Å². The molecule has 34 heavy (non-hydrogen) atoms. The molecular weight excluding hydrogens is 443 g/mol. The number of hydrogen-bond acceptors (Lipinski definition) is 4. The van der Waals surface area contributed by atoms with Crippen LogP contribution in [-0.4, -0.2) is 33.3 Å². The molecule has 0 bridgehead atoms. The van der Waals surface area contributed by atoms with Crippen LogP contribution in [0, 0.1) is 0 Å². The average Bonchev–Trinajstić information content (AvgIpc) is 2.81. The lowest BCUT2D eigenvalue weighted by Crippen LogP contribution is -2.15. The molecule has 0 aromatic heterocycles. The van der Waals surface area contributed by atoms with Gasteiger partial charge in [0.2, 0.25) is 0 Å². The number of rotatable bonds is 26. The summed E-state index contributed by atoms with van der Waals surface area (Å²) in [6.45, 7) is 4.51. The third-order valence-corrected chi connectivity index (χ3v) is 7.05. The minimum atomic E-state index is -0.993. The van der Waals surface area contributed by atoms with Gasteiger partial charge >= 0.3 is 15.9 Å². The maximum Gasteiger partial charge on any atom is 0.885 e. The van der Waals surface area contributed by atoms with Crippen molar-refractivity contribution >= 4 is 27.8 Å². The standard InChI is InChI=1S/2C14H28O2.Al.H2O/c2*1-2-3-4-5-6-7-8-9-10-11-12-13-14(15)16;;/h2*2-13H2,1H3,(H,15,16);;1H2/q;;+2;/p-2. The summed E-state index contributed by atoms with van der Waals surface area (Å²) in [5.41, 5.74) is 0. The van der Waals surface area contributed by atoms with Crippen LogP contribution in [0.15, 0.2) is 0 Å². The van der Waals surface area contributed by atoms with Gasteiger partial charge in [0.1, 0.15) is 0 Å². The van der Waals surface area contributed by atoms with Crippen molar-refractivity contribution in [2.24, 2.45) is 0 Å². The Bertz CT molecular complexity index is 393. The van der Waals surface area contributed by atoms with Crippen molar-refractivity contribution in [3.8, 4) is 0 Å². The first-order valence-corrected chi connectivity index (χ1v) is 15.4. The minimum absolute atomic E-state index is 0. The molecule has 0 aromatic rings. The van der Waals surface area contributed by atoms with Crippen LogP contribution >= 0.6 is 0 Å². The Morgan fingerprint density at radius 2 is 0.676 bits per heavy atom. The summed E-state index contributed by atoms with van der Waals surface area (Å²) in [5, 5.41) is 0. The van der Waals surface area contributed by atoms with Crippen molar-refractivity contribution in [3.05, 3.63) is 0 Å². The molecule has 0 aliphatic carbocycles. The summed E-state index contributed by atoms with van der Waals surface area (Å²) in [6, 6.07) is 0. The topological polar surface area (TPSA) is 84.1 Å². The van der Waals surface area contributed by atoms with Crippen LogP contribution in [0.25, 0.3) is 0 Å². The van der Waals surface area contributed by atoms with Crippen LogP contribution < -0.4 is 0 Å². The Morgan fingerprint density at radius 1 is 0.441 bits per heavy atom. The largest absolute Gasteiger partial charge is 0.885 e. The molecule has 2 N–H and O–H groups in total. The van der Waals surface area contributed by atoms with E-state index in [0.29, 0.717) is 12.8 Å². The lowest BCUT2D eigenvalue weighted by molar-refractivity contribution is -0.139. The molecule has 201 valence electrons. The summed E-state index contributed by atoms with van der Waals surface area (Å²) in [5.74, 6) is -0.438. The highest BCUT2D eigenvalue weighted by molar-refractivity contribution is 6.25. The third kappa shape index (κ3) is 29.5. The van der Waals surface area contributed by atoms with Gasteiger partial charge in [-0.3, -0.25) is 9.59 Å². The van der Waals surface area contributed by atoms with Crippen LogP contribution in [0.1, 0.15) is 168 Å². The molecule has 0 unspecified atom stereocenters. The fourth-order valence-corrected chi connectivity index (χ4v) is 4.61. The molecule has 0 aliphatic heterocycles. The number of carbonyl (C=O) groups is 2. The Hall–Kier alpha value is -0.568. The SMILES string of the molecule is CCCCCCCCCCCCCC(=O)[O][Al][O]C(=O)CCCCCCCCCCCCC.O. The Morgan fingerprint density at radius 3 is 0.941 bits per heavy atom. The zero-order chi connectivity index (χ0) is 24.2. The molecule has 0 saturated carbocycles. The van der Waals surface area contributed by atoms with Crippen molar-refractivity contribution < 1.29 is 22.6 Å². The molecule has 0 atom stereocenters. The summed E-state index contributed by atoms with van der Waals surface area (Å²) < 4.78 is 10.2. The highest BCUT2D eigenvalue weighted by atomic mass is 27.2. The number of carbonyl (C=O) groups excluding carboxylic acids is 2. The van der Waals surface area contributed by atoms with Gasteiger partial charge in [0.05, 0.1) is 0 Å². The fraction of sp³-hybridized carbons (Fsp3) is 0.929. The van der Waals surface area contributed by atoms with E-state index in [4.69, 9.17) is 7.58 Å². The smallest absolute Gasteiger partial charge is 0.589 e. The van der Waals surface area contributed by atoms with Gasteiger partial charge in [0.15, 0.2) is 0 Å². The summed E-state index contributed by atoms with van der Waals surface area (Å²) >= 11 is -0.993. The van der Waals surface area contributed by atoms with Crippen molar-refractivity contribution in [1.82, 2.24) is 0 Å². The molecule has 0 fully saturated rings. The van der Waals surface area contributed by atoms with Crippen molar-refractivity contribution in [2.75, 3.05) is 0 Å². The summed E-state index contributed by atoms with van der Waals surface area (Å²) in [7, 11) is 0. The lowest BCUT2D eigenvalue weighted by atomic mass is 10.1. The first kappa shape index (κ1) is 35.6. The molecule has 0 amide bonds. The molecule has 0 rings (SSSR count). The van der Waals surface area contributed by atoms with E-state index in [1.807, 2.05) is 0 Å². The van der Waals surface area contributed by atoms with E-state index < -0.39 is 15.9 Å². The second kappa shape index (κ2) is 30.5. The van der Waals surface area contributed by atoms with Gasteiger partial charge in [-0.05, 0) is 12.8 Å². The zero-order valence-electron chi connectivity index (χ0n) is 22.7. The molecule has 5 nitrogen and oxygen atoms in total. The number of unbranched alkanes of at least 4 members (excludes halogenated alkanes) is 20. The summed E-state index contributed by atoms with van der Waals surface area (Å²) in [4.78, 5) is 23.5. The van der Waals surface area contributed by atoms with E-state index in [9.17, 15) is 9.59 Å². The van der Waals surface area contributed by atoms with Gasteiger partial charge in [-0.15, -0.1) is 0 Å². The quantitative estimate of drug-likeness (QED) is 0.0887. The molecule has 6 heteroatoms. The monoisotopic (exact) mass is 499 g/mol. The van der Waals surface area contributed by atoms with Crippen molar-refractivity contribution in [3.63, 3.8) is 0 Å². The van der Waals surface area contributed by atoms with Crippen LogP contribution in [0.2, 0.25) is 0 Å². The van der Waals surface area contributed by atoms with Gasteiger partial charge in [-0.2, -0.15) is 0 Å². The molecule has 0 aliphatic rings. The van der Waals surface area contributed by atoms with Crippen molar-refractivity contribution in [2.45, 2.75) is 168 Å². The van der Waals surface area contributed by atoms with Crippen LogP contribution in [0.5, 0.6) is 0 Å². The predicted molar refractivity (Wildman–Crippen MR) is 144 cm³/mol. The number of hydrogen-bond donors (Lipinski definition) is 0. The second-order valence-electron chi connectivity index (χ2n) is 9.65. The third-order valence-electron chi connectivity index (χ3n) is 6.33. The van der Waals surface area contributed by atoms with Crippen molar-refractivity contribution in [1.29, 1.82) is 0 Å². The van der Waals surface area contributed by atoms with E-state index in [1.165, 1.54) is 116 Å². The minimum Gasteiger partial charge on any atom is -0.589 e. The van der Waals surface area contributed by atoms with Gasteiger partial charge in [0, 0.05) is 12.8 Å². The normalized spacial score (nSPS) is 10.5. The lowest BCUT2D eigenvalue weighted by Gasteiger charge is -2.06. The van der Waals surface area contributed by atoms with Crippen LogP contribution in [0.3, 0.4) is 0 Å². The van der Waals surface area contributed by atoms with Gasteiger partial charge < -0.3 is 13.1 Å². The first-order chi connectivity index (χ1) is 16.2. The fourth-order valence-electron chi connectivity index (χ4n) is 4.12.